The van der Waals surface area contributed by atoms with Crippen LogP contribution in [0.2, 0.25) is 0 Å². The number of nitrogens with zero attached hydrogens (tertiary/aromatic N) is 1. The van der Waals surface area contributed by atoms with E-state index in [9.17, 15) is 0 Å². The average molecular weight is 228 g/mol. The van der Waals surface area contributed by atoms with Gasteiger partial charge in [0, 0.05) is 17.2 Å². The van der Waals surface area contributed by atoms with Gasteiger partial charge in [0.05, 0.1) is 0 Å². The van der Waals surface area contributed by atoms with Gasteiger partial charge in [0.1, 0.15) is 0 Å². The maximum Gasteiger partial charge on any atom is 0.0299 e. The van der Waals surface area contributed by atoms with Crippen molar-refractivity contribution in [3.8, 4) is 0 Å². The van der Waals surface area contributed by atoms with Crippen LogP contribution in [0.4, 0.5) is 0 Å². The molecular formula is C10H14BrN. The Bertz CT molecular complexity index is 221. The van der Waals surface area contributed by atoms with Crippen molar-refractivity contribution in [1.29, 1.82) is 0 Å². The fourth-order valence-electron chi connectivity index (χ4n) is 1.05. The predicted molar refractivity (Wildman–Crippen MR) is 55.5 cm³/mol. The summed E-state index contributed by atoms with van der Waals surface area (Å²) in [5.74, 6) is 0.661. The molecule has 1 nitrogen and oxygen atoms in total. The van der Waals surface area contributed by atoms with Crippen LogP contribution < -0.4 is 0 Å². The van der Waals surface area contributed by atoms with Crippen molar-refractivity contribution >= 4 is 15.9 Å². The molecule has 0 aromatic carbocycles. The topological polar surface area (TPSA) is 12.9 Å². The van der Waals surface area contributed by atoms with E-state index in [0.29, 0.717) is 10.7 Å². The Morgan fingerprint density at radius 1 is 1.50 bits per heavy atom. The highest BCUT2D eigenvalue weighted by atomic mass is 79.9. The monoisotopic (exact) mass is 227 g/mol. The Morgan fingerprint density at radius 2 is 2.25 bits per heavy atom. The first-order chi connectivity index (χ1) is 5.70. The maximum atomic E-state index is 4.08. The second-order valence-electron chi connectivity index (χ2n) is 3.22. The summed E-state index contributed by atoms with van der Waals surface area (Å²) in [4.78, 5) is 4.65. The van der Waals surface area contributed by atoms with Crippen LogP contribution in [0.15, 0.2) is 24.5 Å². The van der Waals surface area contributed by atoms with Crippen LogP contribution in [0.25, 0.3) is 0 Å². The first-order valence-electron chi connectivity index (χ1n) is 4.23. The van der Waals surface area contributed by atoms with Gasteiger partial charge >= 0.3 is 0 Å². The maximum absolute atomic E-state index is 4.08. The van der Waals surface area contributed by atoms with Crippen LogP contribution in [0.1, 0.15) is 19.4 Å². The Hall–Kier alpha value is -0.370. The second-order valence-corrected chi connectivity index (χ2v) is 4.66. The standard InChI is InChI=1S/C10H14BrN/c1-8(9(2)11)6-10-4-3-5-12-7-10/h3-5,7-9H,6H2,1-2H3. The van der Waals surface area contributed by atoms with Gasteiger partial charge in [-0.2, -0.15) is 0 Å². The minimum absolute atomic E-state index is 0.567. The highest BCUT2D eigenvalue weighted by Crippen LogP contribution is 2.16. The number of aromatic nitrogens is 1. The molecule has 0 saturated carbocycles. The number of hydrogen-bond donors (Lipinski definition) is 0. The van der Waals surface area contributed by atoms with E-state index in [1.165, 1.54) is 5.56 Å². The molecule has 1 rings (SSSR count). The van der Waals surface area contributed by atoms with E-state index in [-0.39, 0.29) is 0 Å². The third-order valence-corrected chi connectivity index (χ3v) is 2.97. The summed E-state index contributed by atoms with van der Waals surface area (Å²) in [6, 6.07) is 4.11. The van der Waals surface area contributed by atoms with Gasteiger partial charge in [-0.1, -0.05) is 35.8 Å². The number of hydrogen-bond acceptors (Lipinski definition) is 1. The second kappa shape index (κ2) is 4.61. The van der Waals surface area contributed by atoms with Gasteiger partial charge in [-0.25, -0.2) is 0 Å². The zero-order chi connectivity index (χ0) is 8.97. The van der Waals surface area contributed by atoms with E-state index in [4.69, 9.17) is 0 Å². The Morgan fingerprint density at radius 3 is 2.75 bits per heavy atom. The summed E-state index contributed by atoms with van der Waals surface area (Å²) >= 11 is 3.58. The van der Waals surface area contributed by atoms with Crippen LogP contribution in [0, 0.1) is 5.92 Å². The molecule has 2 heteroatoms. The highest BCUT2D eigenvalue weighted by Gasteiger charge is 2.08. The lowest BCUT2D eigenvalue weighted by Crippen LogP contribution is -2.09. The highest BCUT2D eigenvalue weighted by molar-refractivity contribution is 9.09. The van der Waals surface area contributed by atoms with Crippen molar-refractivity contribution in [3.05, 3.63) is 30.1 Å². The molecule has 0 fully saturated rings. The van der Waals surface area contributed by atoms with E-state index in [0.717, 1.165) is 6.42 Å². The molecule has 2 atom stereocenters. The Balaban J connectivity index is 2.53. The van der Waals surface area contributed by atoms with Gasteiger partial charge in [0.25, 0.3) is 0 Å². The van der Waals surface area contributed by atoms with E-state index >= 15 is 0 Å². The lowest BCUT2D eigenvalue weighted by atomic mass is 10.0. The summed E-state index contributed by atoms with van der Waals surface area (Å²) in [7, 11) is 0. The van der Waals surface area contributed by atoms with Crippen LogP contribution >= 0.6 is 15.9 Å². The van der Waals surface area contributed by atoms with Crippen LogP contribution in [0.5, 0.6) is 0 Å². The van der Waals surface area contributed by atoms with Crippen molar-refractivity contribution < 1.29 is 0 Å². The Labute approximate surface area is 82.3 Å². The van der Waals surface area contributed by atoms with Gasteiger partial charge in [0.15, 0.2) is 0 Å². The normalized spacial score (nSPS) is 15.6. The average Bonchev–Trinajstić information content (AvgIpc) is 2.06. The molecule has 0 N–H and O–H groups in total. The summed E-state index contributed by atoms with van der Waals surface area (Å²) in [5.41, 5.74) is 1.32. The molecule has 0 aliphatic rings. The molecule has 0 saturated heterocycles. The number of pyridine rings is 1. The number of halogens is 1. The summed E-state index contributed by atoms with van der Waals surface area (Å²) < 4.78 is 0. The van der Waals surface area contributed by atoms with E-state index in [1.807, 2.05) is 18.5 Å². The third kappa shape index (κ3) is 2.94. The van der Waals surface area contributed by atoms with Crippen molar-refractivity contribution in [2.45, 2.75) is 25.1 Å². The van der Waals surface area contributed by atoms with Crippen LogP contribution in [-0.4, -0.2) is 9.81 Å². The fourth-order valence-corrected chi connectivity index (χ4v) is 1.24. The van der Waals surface area contributed by atoms with Gasteiger partial charge in [-0.15, -0.1) is 0 Å². The minimum Gasteiger partial charge on any atom is -0.264 e. The molecule has 1 heterocycles. The van der Waals surface area contributed by atoms with Crippen molar-refractivity contribution in [2.24, 2.45) is 5.92 Å². The molecule has 0 bridgehead atoms. The quantitative estimate of drug-likeness (QED) is 0.724. The van der Waals surface area contributed by atoms with E-state index in [1.54, 1.807) is 0 Å². The molecule has 0 amide bonds. The lowest BCUT2D eigenvalue weighted by molar-refractivity contribution is 0.580. The first kappa shape index (κ1) is 9.72. The van der Waals surface area contributed by atoms with E-state index < -0.39 is 0 Å². The molecule has 2 unspecified atom stereocenters. The minimum atomic E-state index is 0.567. The van der Waals surface area contributed by atoms with Crippen molar-refractivity contribution in [1.82, 2.24) is 4.98 Å². The smallest absolute Gasteiger partial charge is 0.0299 e. The first-order valence-corrected chi connectivity index (χ1v) is 5.14. The van der Waals surface area contributed by atoms with Gasteiger partial charge in [-0.05, 0) is 24.0 Å². The number of alkyl halides is 1. The van der Waals surface area contributed by atoms with Crippen LogP contribution in [-0.2, 0) is 6.42 Å². The van der Waals surface area contributed by atoms with Gasteiger partial charge < -0.3 is 0 Å². The fraction of sp³-hybridized carbons (Fsp3) is 0.500. The molecule has 66 valence electrons. The lowest BCUT2D eigenvalue weighted by Gasteiger charge is -2.13. The van der Waals surface area contributed by atoms with Gasteiger partial charge in [-0.3, -0.25) is 4.98 Å². The summed E-state index contributed by atoms with van der Waals surface area (Å²) in [6.45, 7) is 4.42. The Kier molecular flexibility index (Phi) is 3.73. The zero-order valence-corrected chi connectivity index (χ0v) is 9.08. The molecular weight excluding hydrogens is 214 g/mol. The SMILES string of the molecule is CC(Br)C(C)Cc1cccnc1. The van der Waals surface area contributed by atoms with Crippen molar-refractivity contribution in [2.75, 3.05) is 0 Å². The molecule has 1 aromatic heterocycles. The summed E-state index contributed by atoms with van der Waals surface area (Å²) in [6.07, 6.45) is 4.85. The molecule has 0 aliphatic carbocycles. The molecule has 0 spiro atoms. The molecule has 12 heavy (non-hydrogen) atoms. The predicted octanol–water partition coefficient (Wildman–Crippen LogP) is 3.04. The van der Waals surface area contributed by atoms with Gasteiger partial charge in [0.2, 0.25) is 0 Å². The molecule has 0 radical (unpaired) electrons. The largest absolute Gasteiger partial charge is 0.264 e. The van der Waals surface area contributed by atoms with Crippen LogP contribution in [0.3, 0.4) is 0 Å². The molecule has 1 aromatic rings. The molecule has 0 aliphatic heterocycles. The number of rotatable bonds is 3. The van der Waals surface area contributed by atoms with E-state index in [2.05, 4.69) is 40.8 Å². The summed E-state index contributed by atoms with van der Waals surface area (Å²) in [5, 5.41) is 0. The van der Waals surface area contributed by atoms with Crippen molar-refractivity contribution in [3.63, 3.8) is 0 Å². The third-order valence-electron chi connectivity index (χ3n) is 2.06. The zero-order valence-electron chi connectivity index (χ0n) is 7.50.